The predicted octanol–water partition coefficient (Wildman–Crippen LogP) is 2.68. The summed E-state index contributed by atoms with van der Waals surface area (Å²) >= 11 is 0. The van der Waals surface area contributed by atoms with Gasteiger partial charge < -0.3 is 14.2 Å². The molecule has 3 aromatic carbocycles. The van der Waals surface area contributed by atoms with Crippen molar-refractivity contribution in [3.05, 3.63) is 58.6 Å². The zero-order chi connectivity index (χ0) is 22.3. The Balaban J connectivity index is 2.28. The maximum Gasteiger partial charge on any atom is 0.269 e. The first-order valence-corrected chi connectivity index (χ1v) is 10.6. The van der Waals surface area contributed by atoms with Crippen molar-refractivity contribution in [2.24, 2.45) is 10.2 Å². The van der Waals surface area contributed by atoms with Gasteiger partial charge in [-0.3, -0.25) is 10.1 Å². The van der Waals surface area contributed by atoms with E-state index in [0.717, 1.165) is 30.3 Å². The van der Waals surface area contributed by atoms with Crippen LogP contribution < -0.4 is 0 Å². The average Bonchev–Trinajstić information content (AvgIpc) is 2.65. The summed E-state index contributed by atoms with van der Waals surface area (Å²) in [5.41, 5.74) is -1.14. The molecule has 0 spiro atoms. The minimum Gasteiger partial charge on any atom is -0.744 e. The van der Waals surface area contributed by atoms with E-state index in [1.807, 2.05) is 0 Å². The van der Waals surface area contributed by atoms with Crippen LogP contribution in [0, 0.1) is 10.1 Å². The topological polar surface area (TPSA) is 202 Å². The van der Waals surface area contributed by atoms with Crippen molar-refractivity contribution in [3.8, 4) is 5.75 Å². The van der Waals surface area contributed by atoms with E-state index < -0.39 is 51.8 Å². The lowest BCUT2D eigenvalue weighted by Crippen LogP contribution is -2.02. The van der Waals surface area contributed by atoms with E-state index in [4.69, 9.17) is 0 Å². The average molecular weight is 451 g/mol. The van der Waals surface area contributed by atoms with Gasteiger partial charge in [-0.25, -0.2) is 16.8 Å². The molecule has 30 heavy (non-hydrogen) atoms. The van der Waals surface area contributed by atoms with Crippen molar-refractivity contribution in [1.29, 1.82) is 0 Å². The fourth-order valence-corrected chi connectivity index (χ4v) is 3.97. The van der Waals surface area contributed by atoms with Crippen LogP contribution in [-0.2, 0) is 20.2 Å². The summed E-state index contributed by atoms with van der Waals surface area (Å²) in [7, 11) is -10.3. The van der Waals surface area contributed by atoms with Gasteiger partial charge in [0.15, 0.2) is 5.75 Å². The van der Waals surface area contributed by atoms with Gasteiger partial charge >= 0.3 is 0 Å². The van der Waals surface area contributed by atoms with E-state index in [2.05, 4.69) is 10.2 Å². The number of nitro groups is 1. The highest BCUT2D eigenvalue weighted by molar-refractivity contribution is 7.86. The monoisotopic (exact) mass is 451 g/mol. The van der Waals surface area contributed by atoms with E-state index in [0.29, 0.717) is 0 Å². The molecular formula is C16H9N3O9S2-2. The molecule has 0 aliphatic carbocycles. The lowest BCUT2D eigenvalue weighted by molar-refractivity contribution is -0.384. The molecular weight excluding hydrogens is 442 g/mol. The maximum atomic E-state index is 11.6. The van der Waals surface area contributed by atoms with Crippen LogP contribution in [0.1, 0.15) is 0 Å². The summed E-state index contributed by atoms with van der Waals surface area (Å²) in [5, 5.41) is 27.6. The van der Waals surface area contributed by atoms with Crippen molar-refractivity contribution in [2.75, 3.05) is 0 Å². The van der Waals surface area contributed by atoms with E-state index in [9.17, 15) is 41.2 Å². The second-order valence-corrected chi connectivity index (χ2v) is 8.50. The first-order valence-electron chi connectivity index (χ1n) is 7.76. The smallest absolute Gasteiger partial charge is 0.269 e. The molecule has 156 valence electrons. The summed E-state index contributed by atoms with van der Waals surface area (Å²) < 4.78 is 69.4. The van der Waals surface area contributed by atoms with Gasteiger partial charge in [-0.15, -0.1) is 5.11 Å². The normalized spacial score (nSPS) is 12.5. The number of nitro benzene ring substituents is 1. The van der Waals surface area contributed by atoms with Crippen molar-refractivity contribution >= 4 is 48.1 Å². The fraction of sp³-hybridized carbons (Fsp3) is 0. The van der Waals surface area contributed by atoms with Crippen LogP contribution in [0.3, 0.4) is 0 Å². The molecule has 3 rings (SSSR count). The van der Waals surface area contributed by atoms with Crippen LogP contribution in [0.15, 0.2) is 68.6 Å². The number of rotatable bonds is 5. The van der Waals surface area contributed by atoms with Crippen LogP contribution in [0.25, 0.3) is 10.8 Å². The lowest BCUT2D eigenvalue weighted by atomic mass is 10.1. The first-order chi connectivity index (χ1) is 13.9. The Morgan fingerprint density at radius 3 is 2.00 bits per heavy atom. The van der Waals surface area contributed by atoms with Crippen LogP contribution in [0.5, 0.6) is 5.75 Å². The minimum atomic E-state index is -5.20. The van der Waals surface area contributed by atoms with Gasteiger partial charge in [0.05, 0.1) is 20.4 Å². The molecule has 0 aromatic heterocycles. The number of azo groups is 1. The van der Waals surface area contributed by atoms with E-state index in [-0.39, 0.29) is 16.8 Å². The molecule has 0 saturated heterocycles. The van der Waals surface area contributed by atoms with Crippen LogP contribution >= 0.6 is 0 Å². The highest BCUT2D eigenvalue weighted by Crippen LogP contribution is 2.43. The van der Waals surface area contributed by atoms with Crippen molar-refractivity contribution in [3.63, 3.8) is 0 Å². The van der Waals surface area contributed by atoms with Crippen molar-refractivity contribution in [1.82, 2.24) is 0 Å². The third-order valence-corrected chi connectivity index (χ3v) is 5.63. The standard InChI is InChI=1S/C16H11N3O9S2/c20-16-14-9(2-1-3-12(14)29(23,24)25)8-13(30(26,27)28)15(16)18-17-10-4-6-11(7-5-10)19(21)22/h1-8,20H,(H,23,24,25)(H,26,27,28)/p-2. The largest absolute Gasteiger partial charge is 0.744 e. The Hall–Kier alpha value is -3.46. The van der Waals surface area contributed by atoms with Gasteiger partial charge in [0.1, 0.15) is 25.9 Å². The second kappa shape index (κ2) is 7.42. The highest BCUT2D eigenvalue weighted by Gasteiger charge is 2.21. The Kier molecular flexibility index (Phi) is 5.25. The number of fused-ring (bicyclic) bond motifs is 1. The third-order valence-electron chi connectivity index (χ3n) is 3.90. The zero-order valence-corrected chi connectivity index (χ0v) is 16.1. The van der Waals surface area contributed by atoms with E-state index in [1.54, 1.807) is 0 Å². The number of phenolic OH excluding ortho intramolecular Hbond substituents is 1. The maximum absolute atomic E-state index is 11.6. The number of nitrogens with zero attached hydrogens (tertiary/aromatic N) is 3. The number of aromatic hydroxyl groups is 1. The summed E-state index contributed by atoms with van der Waals surface area (Å²) in [6.45, 7) is 0. The molecule has 0 fully saturated rings. The number of hydrogen-bond donors (Lipinski definition) is 1. The molecule has 0 aliphatic rings. The molecule has 0 aliphatic heterocycles. The fourth-order valence-electron chi connectivity index (χ4n) is 2.61. The lowest BCUT2D eigenvalue weighted by Gasteiger charge is -2.16. The van der Waals surface area contributed by atoms with Crippen LogP contribution in [0.4, 0.5) is 17.1 Å². The van der Waals surface area contributed by atoms with Gasteiger partial charge in [-0.1, -0.05) is 12.1 Å². The number of non-ortho nitro benzene ring substituents is 1. The van der Waals surface area contributed by atoms with Gasteiger partial charge in [0, 0.05) is 17.5 Å². The van der Waals surface area contributed by atoms with Crippen molar-refractivity contribution < 1.29 is 36.0 Å². The van der Waals surface area contributed by atoms with Crippen molar-refractivity contribution in [2.45, 2.75) is 9.79 Å². The SMILES string of the molecule is O=[N+]([O-])c1ccc(N=Nc2c(S(=O)(=O)[O-])cc3cccc(S(=O)(=O)[O-])c3c2O)cc1. The number of benzene rings is 3. The van der Waals surface area contributed by atoms with Gasteiger partial charge in [-0.05, 0) is 29.7 Å². The molecule has 1 N–H and O–H groups in total. The Labute approximate surface area is 168 Å². The first kappa shape index (κ1) is 21.3. The third kappa shape index (κ3) is 4.11. The summed E-state index contributed by atoms with van der Waals surface area (Å²) in [6.07, 6.45) is 0. The molecule has 12 nitrogen and oxygen atoms in total. The minimum absolute atomic E-state index is 0.000856. The molecule has 0 atom stereocenters. The Morgan fingerprint density at radius 2 is 1.47 bits per heavy atom. The molecule has 0 unspecified atom stereocenters. The summed E-state index contributed by atoms with van der Waals surface area (Å²) in [5.74, 6) is -1.05. The van der Waals surface area contributed by atoms with Gasteiger partial charge in [0.2, 0.25) is 0 Å². The molecule has 0 saturated carbocycles. The quantitative estimate of drug-likeness (QED) is 0.262. The number of phenols is 1. The van der Waals surface area contributed by atoms with Crippen LogP contribution in [0.2, 0.25) is 0 Å². The molecule has 0 heterocycles. The highest BCUT2D eigenvalue weighted by atomic mass is 32.2. The molecule has 3 aromatic rings. The summed E-state index contributed by atoms with van der Waals surface area (Å²) in [6, 6.07) is 8.48. The second-order valence-electron chi connectivity index (χ2n) is 5.81. The zero-order valence-electron chi connectivity index (χ0n) is 14.5. The molecule has 0 amide bonds. The van der Waals surface area contributed by atoms with Gasteiger partial charge in [-0.2, -0.15) is 5.11 Å². The summed E-state index contributed by atoms with van der Waals surface area (Å²) in [4.78, 5) is 8.16. The van der Waals surface area contributed by atoms with E-state index in [1.165, 1.54) is 18.2 Å². The van der Waals surface area contributed by atoms with Crippen LogP contribution in [-0.4, -0.2) is 36.0 Å². The molecule has 0 radical (unpaired) electrons. The van der Waals surface area contributed by atoms with Gasteiger partial charge in [0.25, 0.3) is 5.69 Å². The number of hydrogen-bond acceptors (Lipinski definition) is 11. The Bertz CT molecular complexity index is 1410. The van der Waals surface area contributed by atoms with E-state index >= 15 is 0 Å². The molecule has 14 heteroatoms. The molecule has 0 bridgehead atoms. The Morgan fingerprint density at radius 1 is 0.867 bits per heavy atom. The predicted molar refractivity (Wildman–Crippen MR) is 98.8 cm³/mol.